The third kappa shape index (κ3) is 4.45. The van der Waals surface area contributed by atoms with Gasteiger partial charge in [-0.2, -0.15) is 0 Å². The van der Waals surface area contributed by atoms with Crippen molar-refractivity contribution in [3.8, 4) is 0 Å². The van der Waals surface area contributed by atoms with Crippen molar-refractivity contribution >= 4 is 28.5 Å². The Morgan fingerprint density at radius 3 is 2.70 bits per heavy atom. The number of carbonyl (C=O) groups excluding carboxylic acids is 2. The SMILES string of the molecule is CCOC(=O)c1[nH]c2ccc(F)cc2c1NC(=O)C[NH+]1C[C@H](C)O[C@@H](C)C1. The van der Waals surface area contributed by atoms with E-state index in [0.717, 1.165) is 18.0 Å². The molecule has 0 spiro atoms. The Morgan fingerprint density at radius 2 is 2.04 bits per heavy atom. The molecule has 8 heteroatoms. The molecule has 1 aromatic heterocycles. The number of hydrogen-bond acceptors (Lipinski definition) is 4. The Bertz CT molecular complexity index is 841. The van der Waals surface area contributed by atoms with Crippen LogP contribution in [0, 0.1) is 5.82 Å². The summed E-state index contributed by atoms with van der Waals surface area (Å²) in [6.45, 7) is 7.55. The van der Waals surface area contributed by atoms with E-state index in [9.17, 15) is 14.0 Å². The van der Waals surface area contributed by atoms with Crippen LogP contribution in [0.5, 0.6) is 0 Å². The number of carbonyl (C=O) groups is 2. The van der Waals surface area contributed by atoms with Gasteiger partial charge in [-0.1, -0.05) is 0 Å². The summed E-state index contributed by atoms with van der Waals surface area (Å²) in [6.07, 6.45) is 0.155. The molecule has 0 bridgehead atoms. The number of aromatic amines is 1. The van der Waals surface area contributed by atoms with E-state index in [1.165, 1.54) is 18.2 Å². The first-order valence-corrected chi connectivity index (χ1v) is 9.14. The molecule has 3 rings (SSSR count). The molecule has 1 aliphatic heterocycles. The van der Waals surface area contributed by atoms with Gasteiger partial charge in [0.15, 0.2) is 6.54 Å². The molecular formula is C19H25FN3O4+. The molecule has 0 unspecified atom stereocenters. The van der Waals surface area contributed by atoms with Crippen LogP contribution in [0.3, 0.4) is 0 Å². The van der Waals surface area contributed by atoms with E-state index in [2.05, 4.69) is 10.3 Å². The first-order chi connectivity index (χ1) is 12.9. The topological polar surface area (TPSA) is 84.9 Å². The normalized spacial score (nSPS) is 22.6. The van der Waals surface area contributed by atoms with E-state index >= 15 is 0 Å². The number of morpholine rings is 1. The van der Waals surface area contributed by atoms with E-state index in [4.69, 9.17) is 9.47 Å². The highest BCUT2D eigenvalue weighted by atomic mass is 19.1. The fourth-order valence-corrected chi connectivity index (χ4v) is 3.59. The Labute approximate surface area is 156 Å². The van der Waals surface area contributed by atoms with Crippen LogP contribution < -0.4 is 10.2 Å². The van der Waals surface area contributed by atoms with Crippen LogP contribution in [-0.2, 0) is 14.3 Å². The number of fused-ring (bicyclic) bond motifs is 1. The number of aromatic nitrogens is 1. The van der Waals surface area contributed by atoms with Gasteiger partial charge in [0.05, 0.1) is 12.3 Å². The number of amides is 1. The molecule has 2 atom stereocenters. The predicted molar refractivity (Wildman–Crippen MR) is 98.4 cm³/mol. The van der Waals surface area contributed by atoms with Gasteiger partial charge >= 0.3 is 5.97 Å². The Morgan fingerprint density at radius 1 is 1.33 bits per heavy atom. The molecule has 3 N–H and O–H groups in total. The van der Waals surface area contributed by atoms with Gasteiger partial charge in [-0.3, -0.25) is 4.79 Å². The second kappa shape index (κ2) is 8.06. The zero-order valence-electron chi connectivity index (χ0n) is 15.7. The molecule has 1 fully saturated rings. The van der Waals surface area contributed by atoms with Gasteiger partial charge in [0.25, 0.3) is 5.91 Å². The molecule has 0 aliphatic carbocycles. The summed E-state index contributed by atoms with van der Waals surface area (Å²) < 4.78 is 24.5. The average Bonchev–Trinajstić information content (AvgIpc) is 2.92. The highest BCUT2D eigenvalue weighted by Gasteiger charge is 2.28. The first kappa shape index (κ1) is 19.3. The van der Waals surface area contributed by atoms with Crippen molar-refractivity contribution in [1.29, 1.82) is 0 Å². The van der Waals surface area contributed by atoms with Gasteiger partial charge in [-0.05, 0) is 39.0 Å². The summed E-state index contributed by atoms with van der Waals surface area (Å²) in [5.41, 5.74) is 0.918. The predicted octanol–water partition coefficient (Wildman–Crippen LogP) is 1.11. The van der Waals surface area contributed by atoms with Crippen molar-refractivity contribution in [2.45, 2.75) is 33.0 Å². The zero-order chi connectivity index (χ0) is 19.6. The number of esters is 1. The highest BCUT2D eigenvalue weighted by molar-refractivity contribution is 6.11. The zero-order valence-corrected chi connectivity index (χ0v) is 15.7. The van der Waals surface area contributed by atoms with Crippen LogP contribution in [0.15, 0.2) is 18.2 Å². The highest BCUT2D eigenvalue weighted by Crippen LogP contribution is 2.29. The minimum Gasteiger partial charge on any atom is -0.461 e. The third-order valence-electron chi connectivity index (χ3n) is 4.53. The van der Waals surface area contributed by atoms with Crippen LogP contribution >= 0.6 is 0 Å². The molecule has 1 aromatic carbocycles. The molecule has 2 heterocycles. The van der Waals surface area contributed by atoms with E-state index in [0.29, 0.717) is 10.9 Å². The third-order valence-corrected chi connectivity index (χ3v) is 4.53. The molecule has 1 amide bonds. The lowest BCUT2D eigenvalue weighted by molar-refractivity contribution is -0.907. The van der Waals surface area contributed by atoms with Crippen LogP contribution in [0.1, 0.15) is 31.3 Å². The molecule has 27 heavy (non-hydrogen) atoms. The van der Waals surface area contributed by atoms with Gasteiger partial charge in [-0.25, -0.2) is 9.18 Å². The van der Waals surface area contributed by atoms with Gasteiger partial charge in [0.2, 0.25) is 0 Å². The Kier molecular flexibility index (Phi) is 5.76. The molecule has 1 aliphatic rings. The van der Waals surface area contributed by atoms with Crippen LogP contribution in [0.25, 0.3) is 10.9 Å². The van der Waals surface area contributed by atoms with E-state index in [1.54, 1.807) is 6.92 Å². The molecular weight excluding hydrogens is 353 g/mol. The van der Waals surface area contributed by atoms with Crippen molar-refractivity contribution in [3.63, 3.8) is 0 Å². The quantitative estimate of drug-likeness (QED) is 0.681. The Balaban J connectivity index is 1.83. The molecule has 146 valence electrons. The minimum absolute atomic E-state index is 0.0776. The molecule has 1 saturated heterocycles. The lowest BCUT2D eigenvalue weighted by Gasteiger charge is -2.31. The molecule has 0 saturated carbocycles. The Hall–Kier alpha value is -2.45. The summed E-state index contributed by atoms with van der Waals surface area (Å²) in [4.78, 5) is 28.9. The van der Waals surface area contributed by atoms with Gasteiger partial charge in [-0.15, -0.1) is 0 Å². The van der Waals surface area contributed by atoms with Gasteiger partial charge in [0.1, 0.15) is 36.8 Å². The number of anilines is 1. The lowest BCUT2D eigenvalue weighted by Crippen LogP contribution is -3.16. The van der Waals surface area contributed by atoms with Gasteiger partial charge in [0, 0.05) is 10.9 Å². The van der Waals surface area contributed by atoms with Crippen LogP contribution in [0.2, 0.25) is 0 Å². The fourth-order valence-electron chi connectivity index (χ4n) is 3.59. The number of nitrogens with one attached hydrogen (secondary N) is 3. The maximum absolute atomic E-state index is 13.7. The van der Waals surface area contributed by atoms with Crippen molar-refractivity contribution in [1.82, 2.24) is 4.98 Å². The number of benzene rings is 1. The lowest BCUT2D eigenvalue weighted by atomic mass is 10.2. The maximum atomic E-state index is 13.7. The standard InChI is InChI=1S/C19H24FN3O4/c1-4-26-19(25)18-17(14-7-13(20)5-6-15(14)21-18)22-16(24)10-23-8-11(2)27-12(3)9-23/h5-7,11-12,21H,4,8-10H2,1-3H3,(H,22,24)/p+1/t11-,12-/m0/s1. The van der Waals surface area contributed by atoms with E-state index in [-0.39, 0.29) is 42.6 Å². The largest absolute Gasteiger partial charge is 0.461 e. The second-order valence-electron chi connectivity index (χ2n) is 6.93. The fraction of sp³-hybridized carbons (Fsp3) is 0.474. The number of ether oxygens (including phenoxy) is 2. The average molecular weight is 378 g/mol. The first-order valence-electron chi connectivity index (χ1n) is 9.14. The monoisotopic (exact) mass is 378 g/mol. The summed E-state index contributed by atoms with van der Waals surface area (Å²) in [7, 11) is 0. The molecule has 0 radical (unpaired) electrons. The summed E-state index contributed by atoms with van der Waals surface area (Å²) >= 11 is 0. The second-order valence-corrected chi connectivity index (χ2v) is 6.93. The van der Waals surface area contributed by atoms with Crippen molar-refractivity contribution < 1.29 is 28.4 Å². The molecule has 7 nitrogen and oxygen atoms in total. The maximum Gasteiger partial charge on any atom is 0.356 e. The van der Waals surface area contributed by atoms with Crippen molar-refractivity contribution in [2.75, 3.05) is 31.6 Å². The van der Waals surface area contributed by atoms with Crippen molar-refractivity contribution in [2.24, 2.45) is 0 Å². The van der Waals surface area contributed by atoms with E-state index in [1.807, 2.05) is 13.8 Å². The van der Waals surface area contributed by atoms with Crippen LogP contribution in [-0.4, -0.2) is 55.3 Å². The number of H-pyrrole nitrogens is 1. The number of halogens is 1. The summed E-state index contributed by atoms with van der Waals surface area (Å²) in [6, 6.07) is 4.11. The van der Waals surface area contributed by atoms with Crippen LogP contribution in [0.4, 0.5) is 10.1 Å². The number of hydrogen-bond donors (Lipinski definition) is 3. The minimum atomic E-state index is -0.592. The smallest absolute Gasteiger partial charge is 0.356 e. The summed E-state index contributed by atoms with van der Waals surface area (Å²) in [5, 5.41) is 3.21. The number of quaternary nitrogens is 1. The summed E-state index contributed by atoms with van der Waals surface area (Å²) in [5.74, 6) is -1.29. The van der Waals surface area contributed by atoms with Crippen molar-refractivity contribution in [3.05, 3.63) is 29.7 Å². The van der Waals surface area contributed by atoms with Gasteiger partial charge < -0.3 is 24.7 Å². The van der Waals surface area contributed by atoms with E-state index < -0.39 is 11.8 Å². The molecule has 2 aromatic rings. The number of rotatable bonds is 5.